The maximum absolute atomic E-state index is 12.0. The molecule has 0 unspecified atom stereocenters. The molecule has 1 atom stereocenters. The molecule has 6 nitrogen and oxygen atoms in total. The summed E-state index contributed by atoms with van der Waals surface area (Å²) in [5.74, 6) is -0.417. The van der Waals surface area contributed by atoms with Gasteiger partial charge in [-0.25, -0.2) is 4.98 Å². The van der Waals surface area contributed by atoms with Crippen LogP contribution in [0.5, 0.6) is 5.75 Å². The van der Waals surface area contributed by atoms with E-state index in [2.05, 4.69) is 15.6 Å². The highest BCUT2D eigenvalue weighted by atomic mass is 35.5. The maximum Gasteiger partial charge on any atom is 0.258 e. The van der Waals surface area contributed by atoms with Crippen LogP contribution in [0.3, 0.4) is 0 Å². The number of pyridine rings is 1. The van der Waals surface area contributed by atoms with E-state index in [4.69, 9.17) is 27.9 Å². The maximum atomic E-state index is 12.0. The summed E-state index contributed by atoms with van der Waals surface area (Å²) >= 11 is 12.4. The molecule has 0 spiro atoms. The average Bonchev–Trinajstić information content (AvgIpc) is 2.54. The molecule has 2 aromatic rings. The van der Waals surface area contributed by atoms with E-state index in [0.717, 1.165) is 5.69 Å². The van der Waals surface area contributed by atoms with Crippen LogP contribution in [0.1, 0.15) is 19.5 Å². The van der Waals surface area contributed by atoms with Crippen LogP contribution in [0.15, 0.2) is 18.2 Å². The van der Waals surface area contributed by atoms with Crippen LogP contribution in [-0.2, 0) is 9.59 Å². The van der Waals surface area contributed by atoms with E-state index in [-0.39, 0.29) is 23.3 Å². The number of ether oxygens (including phenoxy) is 1. The molecule has 0 bridgehead atoms. The number of carbonyl (C=O) groups is 2. The van der Waals surface area contributed by atoms with Gasteiger partial charge in [-0.2, -0.15) is 0 Å². The number of rotatable bonds is 6. The van der Waals surface area contributed by atoms with Crippen molar-refractivity contribution in [3.8, 4) is 5.75 Å². The van der Waals surface area contributed by atoms with Crippen molar-refractivity contribution in [3.63, 3.8) is 0 Å². The first kappa shape index (κ1) is 19.3. The zero-order valence-corrected chi connectivity index (χ0v) is 15.7. The number of fused-ring (bicyclic) bond motifs is 1. The molecule has 0 saturated heterocycles. The van der Waals surface area contributed by atoms with Gasteiger partial charge in [-0.05, 0) is 39.0 Å². The molecule has 0 aliphatic heterocycles. The van der Waals surface area contributed by atoms with Gasteiger partial charge in [-0.3, -0.25) is 9.59 Å². The van der Waals surface area contributed by atoms with Gasteiger partial charge in [-0.15, -0.1) is 0 Å². The minimum absolute atomic E-state index is 0.261. The molecule has 0 aliphatic carbocycles. The van der Waals surface area contributed by atoms with Crippen LogP contribution in [-0.4, -0.2) is 36.0 Å². The van der Waals surface area contributed by atoms with E-state index in [9.17, 15) is 9.59 Å². The molecular formula is C17H19Cl2N3O3. The summed E-state index contributed by atoms with van der Waals surface area (Å²) in [4.78, 5) is 28.1. The summed E-state index contributed by atoms with van der Waals surface area (Å²) in [6.07, 6.45) is 0. The van der Waals surface area contributed by atoms with Gasteiger partial charge in [0, 0.05) is 17.6 Å². The van der Waals surface area contributed by atoms with Gasteiger partial charge >= 0.3 is 0 Å². The first-order valence-electron chi connectivity index (χ1n) is 7.78. The number of amides is 2. The van der Waals surface area contributed by atoms with Crippen molar-refractivity contribution in [2.24, 2.45) is 0 Å². The highest BCUT2D eigenvalue weighted by Crippen LogP contribution is 2.37. The molecule has 0 saturated carbocycles. The fraction of sp³-hybridized carbons (Fsp3) is 0.353. The number of benzene rings is 1. The number of aryl methyl sites for hydroxylation is 1. The smallest absolute Gasteiger partial charge is 0.258 e. The summed E-state index contributed by atoms with van der Waals surface area (Å²) in [5, 5.41) is 6.59. The number of carbonyl (C=O) groups excluding carboxylic acids is 2. The standard InChI is InChI=1S/C17H19Cl2N3O3/c1-4-20-17(24)10(3)22-14(23)8-25-16-13(19)7-12(18)11-6-5-9(2)21-15(11)16/h5-7,10H,4,8H2,1-3H3,(H,20,24)(H,22,23)/t10-/m0/s1. The lowest BCUT2D eigenvalue weighted by Crippen LogP contribution is -2.46. The molecule has 2 rings (SSSR count). The van der Waals surface area contributed by atoms with Gasteiger partial charge in [0.25, 0.3) is 5.91 Å². The summed E-state index contributed by atoms with van der Waals surface area (Å²) < 4.78 is 5.57. The molecule has 8 heteroatoms. The predicted molar refractivity (Wildman–Crippen MR) is 98.3 cm³/mol. The minimum Gasteiger partial charge on any atom is -0.480 e. The Bertz CT molecular complexity index is 811. The second-order valence-electron chi connectivity index (χ2n) is 5.49. The van der Waals surface area contributed by atoms with Gasteiger partial charge < -0.3 is 15.4 Å². The number of nitrogens with zero attached hydrogens (tertiary/aromatic N) is 1. The number of hydrogen-bond donors (Lipinski definition) is 2. The van der Waals surface area contributed by atoms with Gasteiger partial charge in [-0.1, -0.05) is 23.2 Å². The van der Waals surface area contributed by atoms with Crippen LogP contribution in [0.4, 0.5) is 0 Å². The Kier molecular flexibility index (Phi) is 6.45. The summed E-state index contributed by atoms with van der Waals surface area (Å²) in [5.41, 5.74) is 1.26. The topological polar surface area (TPSA) is 80.3 Å². The van der Waals surface area contributed by atoms with E-state index >= 15 is 0 Å². The van der Waals surface area contributed by atoms with Crippen LogP contribution in [0.25, 0.3) is 10.9 Å². The molecule has 1 heterocycles. The molecule has 25 heavy (non-hydrogen) atoms. The van der Waals surface area contributed by atoms with Crippen molar-refractivity contribution < 1.29 is 14.3 Å². The highest BCUT2D eigenvalue weighted by Gasteiger charge is 2.17. The molecular weight excluding hydrogens is 365 g/mol. The lowest BCUT2D eigenvalue weighted by Gasteiger charge is -2.15. The monoisotopic (exact) mass is 383 g/mol. The van der Waals surface area contributed by atoms with Crippen molar-refractivity contribution in [2.75, 3.05) is 13.2 Å². The Hall–Kier alpha value is -2.05. The van der Waals surface area contributed by atoms with Crippen molar-refractivity contribution in [1.29, 1.82) is 0 Å². The van der Waals surface area contributed by atoms with Crippen LogP contribution in [0.2, 0.25) is 10.0 Å². The molecule has 134 valence electrons. The second kappa shape index (κ2) is 8.36. The molecule has 0 fully saturated rings. The lowest BCUT2D eigenvalue weighted by molar-refractivity contribution is -0.129. The second-order valence-corrected chi connectivity index (χ2v) is 6.30. The fourth-order valence-electron chi connectivity index (χ4n) is 2.24. The number of nitrogens with one attached hydrogen (secondary N) is 2. The predicted octanol–water partition coefficient (Wildman–Crippen LogP) is 2.87. The molecule has 2 amide bonds. The Balaban J connectivity index is 2.14. The van der Waals surface area contributed by atoms with Crippen LogP contribution < -0.4 is 15.4 Å². The molecule has 1 aromatic carbocycles. The lowest BCUT2D eigenvalue weighted by atomic mass is 10.2. The summed E-state index contributed by atoms with van der Waals surface area (Å²) in [6, 6.07) is 4.54. The number of hydrogen-bond acceptors (Lipinski definition) is 4. The first-order chi connectivity index (χ1) is 11.8. The first-order valence-corrected chi connectivity index (χ1v) is 8.54. The van der Waals surface area contributed by atoms with Gasteiger partial charge in [0.05, 0.1) is 10.0 Å². The van der Waals surface area contributed by atoms with E-state index in [1.165, 1.54) is 0 Å². The Labute approximate surface area is 155 Å². The Morgan fingerprint density at radius 2 is 2.00 bits per heavy atom. The molecule has 0 radical (unpaired) electrons. The molecule has 2 N–H and O–H groups in total. The average molecular weight is 384 g/mol. The minimum atomic E-state index is -0.658. The van der Waals surface area contributed by atoms with E-state index in [1.54, 1.807) is 19.9 Å². The van der Waals surface area contributed by atoms with Gasteiger partial charge in [0.2, 0.25) is 5.91 Å². The third kappa shape index (κ3) is 4.74. The van der Waals surface area contributed by atoms with Crippen molar-refractivity contribution in [2.45, 2.75) is 26.8 Å². The van der Waals surface area contributed by atoms with E-state index < -0.39 is 11.9 Å². The molecule has 0 aliphatic rings. The zero-order valence-electron chi connectivity index (χ0n) is 14.2. The Morgan fingerprint density at radius 3 is 2.68 bits per heavy atom. The number of halogens is 2. The normalized spacial score (nSPS) is 11.9. The van der Waals surface area contributed by atoms with E-state index in [1.807, 2.05) is 19.1 Å². The largest absolute Gasteiger partial charge is 0.480 e. The third-order valence-electron chi connectivity index (χ3n) is 3.45. The van der Waals surface area contributed by atoms with E-state index in [0.29, 0.717) is 22.5 Å². The molecule has 1 aromatic heterocycles. The number of aromatic nitrogens is 1. The van der Waals surface area contributed by atoms with Gasteiger partial charge in [0.1, 0.15) is 11.6 Å². The van der Waals surface area contributed by atoms with Crippen LogP contribution in [0, 0.1) is 6.92 Å². The van der Waals surface area contributed by atoms with Crippen molar-refractivity contribution >= 4 is 45.9 Å². The number of likely N-dealkylation sites (N-methyl/N-ethyl adjacent to an activating group) is 1. The van der Waals surface area contributed by atoms with Crippen LogP contribution >= 0.6 is 23.2 Å². The van der Waals surface area contributed by atoms with Crippen molar-refractivity contribution in [1.82, 2.24) is 15.6 Å². The third-order valence-corrected chi connectivity index (χ3v) is 4.04. The van der Waals surface area contributed by atoms with Crippen molar-refractivity contribution in [3.05, 3.63) is 33.9 Å². The highest BCUT2D eigenvalue weighted by molar-refractivity contribution is 6.39. The summed E-state index contributed by atoms with van der Waals surface area (Å²) in [6.45, 7) is 5.43. The fourth-order valence-corrected chi connectivity index (χ4v) is 2.81. The van der Waals surface area contributed by atoms with Gasteiger partial charge in [0.15, 0.2) is 12.4 Å². The quantitative estimate of drug-likeness (QED) is 0.803. The SMILES string of the molecule is CCNC(=O)[C@H](C)NC(=O)COc1c(Cl)cc(Cl)c2ccc(C)nc12. The Morgan fingerprint density at radius 1 is 1.28 bits per heavy atom. The zero-order chi connectivity index (χ0) is 18.6. The summed E-state index contributed by atoms with van der Waals surface area (Å²) in [7, 11) is 0.